The van der Waals surface area contributed by atoms with E-state index < -0.39 is 0 Å². The summed E-state index contributed by atoms with van der Waals surface area (Å²) in [5.74, 6) is 1.16. The fourth-order valence-electron chi connectivity index (χ4n) is 2.47. The molecule has 0 bridgehead atoms. The summed E-state index contributed by atoms with van der Waals surface area (Å²) in [5.41, 5.74) is 3.33. The number of carbonyl (C=O) groups is 1. The number of ether oxygens (including phenoxy) is 1. The highest BCUT2D eigenvalue weighted by atomic mass is 127. The number of anilines is 1. The van der Waals surface area contributed by atoms with E-state index in [9.17, 15) is 4.79 Å². The Bertz CT molecular complexity index is 909. The van der Waals surface area contributed by atoms with E-state index in [1.54, 1.807) is 13.3 Å². The molecule has 26 heavy (non-hydrogen) atoms. The number of rotatable bonds is 5. The molecule has 1 heterocycles. The van der Waals surface area contributed by atoms with Crippen molar-refractivity contribution in [2.24, 2.45) is 0 Å². The normalized spacial score (nSPS) is 10.4. The Hall–Kier alpha value is -2.48. The lowest BCUT2D eigenvalue weighted by Crippen LogP contribution is -2.16. The number of amides is 1. The van der Waals surface area contributed by atoms with E-state index in [1.165, 1.54) is 0 Å². The maximum atomic E-state index is 12.2. The van der Waals surface area contributed by atoms with Crippen molar-refractivity contribution in [3.8, 4) is 17.0 Å². The molecular weight excluding hydrogens is 441 g/mol. The largest absolute Gasteiger partial charge is 0.497 e. The van der Waals surface area contributed by atoms with Gasteiger partial charge in [0.2, 0.25) is 5.91 Å². The van der Waals surface area contributed by atoms with Crippen LogP contribution in [0.3, 0.4) is 0 Å². The van der Waals surface area contributed by atoms with Crippen LogP contribution in [0.25, 0.3) is 11.3 Å². The van der Waals surface area contributed by atoms with Crippen molar-refractivity contribution in [1.29, 1.82) is 0 Å². The molecule has 1 aromatic heterocycles. The maximum Gasteiger partial charge on any atom is 0.229 e. The number of aromatic nitrogens is 2. The van der Waals surface area contributed by atoms with Crippen molar-refractivity contribution in [1.82, 2.24) is 9.97 Å². The molecule has 0 aliphatic carbocycles. The summed E-state index contributed by atoms with van der Waals surface area (Å²) in [6.45, 7) is 1.83. The SMILES string of the molecule is COc1ccc(-c2cnc(NC(=O)Cc3ccc(I)cc3)c(C)n2)cc1. The van der Waals surface area contributed by atoms with Gasteiger partial charge in [-0.3, -0.25) is 4.79 Å². The highest BCUT2D eigenvalue weighted by Crippen LogP contribution is 2.22. The summed E-state index contributed by atoms with van der Waals surface area (Å²) in [5, 5.41) is 2.84. The molecule has 0 aliphatic rings. The molecule has 0 spiro atoms. The van der Waals surface area contributed by atoms with Gasteiger partial charge in [-0.05, 0) is 71.5 Å². The van der Waals surface area contributed by atoms with Crippen LogP contribution in [0.2, 0.25) is 0 Å². The van der Waals surface area contributed by atoms with Gasteiger partial charge in [-0.15, -0.1) is 0 Å². The minimum absolute atomic E-state index is 0.110. The van der Waals surface area contributed by atoms with Gasteiger partial charge in [0.1, 0.15) is 5.75 Å². The molecule has 3 rings (SSSR count). The second-order valence-electron chi connectivity index (χ2n) is 5.77. The van der Waals surface area contributed by atoms with E-state index in [4.69, 9.17) is 4.74 Å². The Kier molecular flexibility index (Phi) is 5.82. The average Bonchev–Trinajstić information content (AvgIpc) is 2.65. The van der Waals surface area contributed by atoms with Gasteiger partial charge in [0.15, 0.2) is 5.82 Å². The number of nitrogens with one attached hydrogen (secondary N) is 1. The van der Waals surface area contributed by atoms with Crippen molar-refractivity contribution in [2.75, 3.05) is 12.4 Å². The molecule has 1 N–H and O–H groups in total. The molecule has 0 saturated carbocycles. The average molecular weight is 459 g/mol. The number of aryl methyl sites for hydroxylation is 1. The molecule has 0 radical (unpaired) electrons. The molecule has 6 heteroatoms. The summed E-state index contributed by atoms with van der Waals surface area (Å²) in [4.78, 5) is 21.2. The Labute approximate surface area is 166 Å². The number of hydrogen-bond donors (Lipinski definition) is 1. The van der Waals surface area contributed by atoms with Crippen LogP contribution in [-0.4, -0.2) is 23.0 Å². The Morgan fingerprint density at radius 3 is 2.42 bits per heavy atom. The standard InChI is InChI=1S/C20H18IN3O2/c1-13-20(24-19(25)11-14-3-7-16(21)8-4-14)22-12-18(23-13)15-5-9-17(26-2)10-6-15/h3-10,12H,11H2,1-2H3,(H,22,24,25). The number of hydrogen-bond acceptors (Lipinski definition) is 4. The third-order valence-corrected chi connectivity index (χ3v) is 4.59. The van der Waals surface area contributed by atoms with Crippen LogP contribution in [-0.2, 0) is 11.2 Å². The van der Waals surface area contributed by atoms with Gasteiger partial charge < -0.3 is 10.1 Å². The summed E-state index contributed by atoms with van der Waals surface area (Å²) >= 11 is 2.24. The molecule has 1 amide bonds. The fourth-order valence-corrected chi connectivity index (χ4v) is 2.83. The highest BCUT2D eigenvalue weighted by Gasteiger charge is 2.10. The molecule has 5 nitrogen and oxygen atoms in total. The first-order chi connectivity index (χ1) is 12.5. The second kappa shape index (κ2) is 8.27. The van der Waals surface area contributed by atoms with Crippen molar-refractivity contribution in [3.05, 3.63) is 69.6 Å². The Morgan fingerprint density at radius 2 is 1.81 bits per heavy atom. The zero-order valence-electron chi connectivity index (χ0n) is 14.5. The minimum Gasteiger partial charge on any atom is -0.497 e. The number of carbonyl (C=O) groups excluding carboxylic acids is 1. The molecule has 0 unspecified atom stereocenters. The summed E-state index contributed by atoms with van der Waals surface area (Å²) in [6.07, 6.45) is 1.97. The topological polar surface area (TPSA) is 64.1 Å². The van der Waals surface area contributed by atoms with Crippen LogP contribution >= 0.6 is 22.6 Å². The maximum absolute atomic E-state index is 12.2. The van der Waals surface area contributed by atoms with E-state index in [0.717, 1.165) is 26.1 Å². The fraction of sp³-hybridized carbons (Fsp3) is 0.150. The van der Waals surface area contributed by atoms with Crippen LogP contribution < -0.4 is 10.1 Å². The monoisotopic (exact) mass is 459 g/mol. The van der Waals surface area contributed by atoms with Crippen LogP contribution in [0.5, 0.6) is 5.75 Å². The number of benzene rings is 2. The Balaban J connectivity index is 1.70. The lowest BCUT2D eigenvalue weighted by atomic mass is 10.1. The molecule has 0 saturated heterocycles. The first kappa shape index (κ1) is 18.3. The van der Waals surface area contributed by atoms with Gasteiger partial charge in [0.05, 0.1) is 31.1 Å². The van der Waals surface area contributed by atoms with Crippen LogP contribution in [0.15, 0.2) is 54.7 Å². The first-order valence-corrected chi connectivity index (χ1v) is 9.15. The van der Waals surface area contributed by atoms with Crippen LogP contribution in [0, 0.1) is 10.5 Å². The summed E-state index contributed by atoms with van der Waals surface area (Å²) < 4.78 is 6.30. The lowest BCUT2D eigenvalue weighted by molar-refractivity contribution is -0.115. The van der Waals surface area contributed by atoms with Crippen molar-refractivity contribution >= 4 is 34.3 Å². The van der Waals surface area contributed by atoms with Crippen LogP contribution in [0.1, 0.15) is 11.3 Å². The number of nitrogens with zero attached hydrogens (tertiary/aromatic N) is 2. The molecule has 0 fully saturated rings. The van der Waals surface area contributed by atoms with Crippen molar-refractivity contribution < 1.29 is 9.53 Å². The number of halogens is 1. The summed E-state index contributed by atoms with van der Waals surface area (Å²) in [6, 6.07) is 15.5. The van der Waals surface area contributed by atoms with E-state index in [1.807, 2.05) is 55.5 Å². The van der Waals surface area contributed by atoms with Gasteiger partial charge >= 0.3 is 0 Å². The van der Waals surface area contributed by atoms with Crippen molar-refractivity contribution in [2.45, 2.75) is 13.3 Å². The predicted molar refractivity (Wildman–Crippen MR) is 110 cm³/mol. The van der Waals surface area contributed by atoms with Crippen molar-refractivity contribution in [3.63, 3.8) is 0 Å². The summed E-state index contributed by atoms with van der Waals surface area (Å²) in [7, 11) is 1.63. The molecule has 2 aromatic carbocycles. The Morgan fingerprint density at radius 1 is 1.12 bits per heavy atom. The third kappa shape index (κ3) is 4.57. The zero-order valence-corrected chi connectivity index (χ0v) is 16.6. The first-order valence-electron chi connectivity index (χ1n) is 8.07. The van der Waals surface area contributed by atoms with E-state index in [-0.39, 0.29) is 5.91 Å². The van der Waals surface area contributed by atoms with Gasteiger partial charge in [-0.2, -0.15) is 0 Å². The molecule has 3 aromatic rings. The highest BCUT2D eigenvalue weighted by molar-refractivity contribution is 14.1. The molecule has 0 aliphatic heterocycles. The smallest absolute Gasteiger partial charge is 0.229 e. The predicted octanol–water partition coefficient (Wildman–Crippen LogP) is 4.25. The quantitative estimate of drug-likeness (QED) is 0.580. The van der Waals surface area contributed by atoms with Crippen LogP contribution in [0.4, 0.5) is 5.82 Å². The molecule has 132 valence electrons. The molecular formula is C20H18IN3O2. The van der Waals surface area contributed by atoms with Gasteiger partial charge in [0.25, 0.3) is 0 Å². The number of methoxy groups -OCH3 is 1. The van der Waals surface area contributed by atoms with Gasteiger partial charge in [-0.1, -0.05) is 12.1 Å². The van der Waals surface area contributed by atoms with E-state index >= 15 is 0 Å². The van der Waals surface area contributed by atoms with Gasteiger partial charge in [0, 0.05) is 9.13 Å². The third-order valence-electron chi connectivity index (χ3n) is 3.87. The lowest BCUT2D eigenvalue weighted by Gasteiger charge is -2.09. The van der Waals surface area contributed by atoms with Gasteiger partial charge in [-0.25, -0.2) is 9.97 Å². The molecule has 0 atom stereocenters. The minimum atomic E-state index is -0.110. The zero-order chi connectivity index (χ0) is 18.5. The van der Waals surface area contributed by atoms with E-state index in [2.05, 4.69) is 37.9 Å². The second-order valence-corrected chi connectivity index (χ2v) is 7.01. The van der Waals surface area contributed by atoms with E-state index in [0.29, 0.717) is 17.9 Å².